The number of nitrogens with zero attached hydrogens (tertiary/aromatic N) is 1. The fraction of sp³-hybridized carbons (Fsp3) is 0.167. The monoisotopic (exact) mass is 333 g/mol. The molecule has 24 heavy (non-hydrogen) atoms. The number of carbonyl (C=O) groups is 1. The third-order valence-electron chi connectivity index (χ3n) is 3.80. The van der Waals surface area contributed by atoms with E-state index in [1.54, 1.807) is 29.0 Å². The molecule has 0 spiro atoms. The van der Waals surface area contributed by atoms with E-state index < -0.39 is 17.7 Å². The summed E-state index contributed by atoms with van der Waals surface area (Å²) in [4.78, 5) is 11.9. The lowest BCUT2D eigenvalue weighted by Crippen LogP contribution is -2.08. The van der Waals surface area contributed by atoms with Gasteiger partial charge >= 0.3 is 12.1 Å². The van der Waals surface area contributed by atoms with Gasteiger partial charge in [0.15, 0.2) is 0 Å². The van der Waals surface area contributed by atoms with Gasteiger partial charge in [-0.25, -0.2) is 4.79 Å². The SMILES string of the molecule is COC(=O)c1cccc2ccn(Cc3cccc(C(F)(F)F)c3)c12. The van der Waals surface area contributed by atoms with Crippen LogP contribution in [0.15, 0.2) is 54.7 Å². The summed E-state index contributed by atoms with van der Waals surface area (Å²) >= 11 is 0. The Balaban J connectivity index is 2.04. The van der Waals surface area contributed by atoms with Crippen LogP contribution in [0, 0.1) is 0 Å². The zero-order valence-electron chi connectivity index (χ0n) is 12.8. The molecular formula is C18H14F3NO2. The van der Waals surface area contributed by atoms with Crippen LogP contribution >= 0.6 is 0 Å². The highest BCUT2D eigenvalue weighted by atomic mass is 19.4. The molecule has 0 atom stereocenters. The Morgan fingerprint density at radius 3 is 2.58 bits per heavy atom. The van der Waals surface area contributed by atoms with Crippen LogP contribution in [0.2, 0.25) is 0 Å². The van der Waals surface area contributed by atoms with Gasteiger partial charge in [0.1, 0.15) is 0 Å². The van der Waals surface area contributed by atoms with E-state index in [0.29, 0.717) is 16.6 Å². The zero-order valence-corrected chi connectivity index (χ0v) is 12.8. The zero-order chi connectivity index (χ0) is 17.3. The number of fused-ring (bicyclic) bond motifs is 1. The third-order valence-corrected chi connectivity index (χ3v) is 3.80. The maximum Gasteiger partial charge on any atom is 0.416 e. The van der Waals surface area contributed by atoms with Gasteiger partial charge in [0.25, 0.3) is 0 Å². The second kappa shape index (κ2) is 6.03. The molecule has 0 N–H and O–H groups in total. The van der Waals surface area contributed by atoms with Gasteiger partial charge in [-0.1, -0.05) is 24.3 Å². The summed E-state index contributed by atoms with van der Waals surface area (Å²) in [5, 5.41) is 0.824. The molecule has 0 fully saturated rings. The minimum Gasteiger partial charge on any atom is -0.465 e. The summed E-state index contributed by atoms with van der Waals surface area (Å²) in [6, 6.07) is 12.2. The molecule has 0 aliphatic carbocycles. The Morgan fingerprint density at radius 2 is 1.88 bits per heavy atom. The summed E-state index contributed by atoms with van der Waals surface area (Å²) in [7, 11) is 1.29. The molecule has 0 amide bonds. The first-order chi connectivity index (χ1) is 11.4. The van der Waals surface area contributed by atoms with Crippen molar-refractivity contribution in [2.45, 2.75) is 12.7 Å². The highest BCUT2D eigenvalue weighted by Gasteiger charge is 2.30. The molecule has 3 nitrogen and oxygen atoms in total. The minimum atomic E-state index is -4.38. The van der Waals surface area contributed by atoms with E-state index in [9.17, 15) is 18.0 Å². The number of esters is 1. The predicted octanol–water partition coefficient (Wildman–Crippen LogP) is 4.50. The fourth-order valence-electron chi connectivity index (χ4n) is 2.71. The number of hydrogen-bond acceptors (Lipinski definition) is 2. The van der Waals surface area contributed by atoms with Crippen LogP contribution in [0.1, 0.15) is 21.5 Å². The van der Waals surface area contributed by atoms with Gasteiger partial charge in [0, 0.05) is 18.1 Å². The van der Waals surface area contributed by atoms with E-state index >= 15 is 0 Å². The van der Waals surface area contributed by atoms with Gasteiger partial charge in [0.05, 0.1) is 23.8 Å². The standard InChI is InChI=1S/C18H14F3NO2/c1-24-17(23)15-7-3-5-13-8-9-22(16(13)15)11-12-4-2-6-14(10-12)18(19,20)21/h2-10H,11H2,1H3. The number of ether oxygens (including phenoxy) is 1. The highest BCUT2D eigenvalue weighted by Crippen LogP contribution is 2.30. The summed E-state index contributed by atoms with van der Waals surface area (Å²) in [5.74, 6) is -0.482. The topological polar surface area (TPSA) is 31.2 Å². The number of hydrogen-bond donors (Lipinski definition) is 0. The van der Waals surface area contributed by atoms with Gasteiger partial charge in [0.2, 0.25) is 0 Å². The first kappa shape index (κ1) is 16.1. The van der Waals surface area contributed by atoms with Crippen molar-refractivity contribution in [1.82, 2.24) is 4.57 Å². The second-order valence-corrected chi connectivity index (χ2v) is 5.38. The van der Waals surface area contributed by atoms with Crippen molar-refractivity contribution >= 4 is 16.9 Å². The molecular weight excluding hydrogens is 319 g/mol. The molecule has 3 aromatic rings. The molecule has 0 aliphatic heterocycles. The molecule has 0 saturated carbocycles. The second-order valence-electron chi connectivity index (χ2n) is 5.38. The molecule has 0 radical (unpaired) electrons. The van der Waals surface area contributed by atoms with Crippen LogP contribution in [0.25, 0.3) is 10.9 Å². The number of benzene rings is 2. The highest BCUT2D eigenvalue weighted by molar-refractivity contribution is 6.03. The van der Waals surface area contributed by atoms with E-state index in [1.165, 1.54) is 13.2 Å². The van der Waals surface area contributed by atoms with Crippen molar-refractivity contribution in [3.8, 4) is 0 Å². The lowest BCUT2D eigenvalue weighted by Gasteiger charge is -2.11. The number of methoxy groups -OCH3 is 1. The van der Waals surface area contributed by atoms with Crippen LogP contribution in [-0.4, -0.2) is 17.6 Å². The van der Waals surface area contributed by atoms with Crippen molar-refractivity contribution in [1.29, 1.82) is 0 Å². The van der Waals surface area contributed by atoms with E-state index in [0.717, 1.165) is 17.5 Å². The minimum absolute atomic E-state index is 0.224. The van der Waals surface area contributed by atoms with Crippen LogP contribution < -0.4 is 0 Å². The number of para-hydroxylation sites is 1. The number of rotatable bonds is 3. The normalized spacial score (nSPS) is 11.7. The lowest BCUT2D eigenvalue weighted by molar-refractivity contribution is -0.137. The lowest BCUT2D eigenvalue weighted by atomic mass is 10.1. The number of carbonyl (C=O) groups excluding carboxylic acids is 1. The van der Waals surface area contributed by atoms with E-state index in [1.807, 2.05) is 12.1 Å². The third kappa shape index (κ3) is 2.99. The Labute approximate surface area is 136 Å². The molecule has 1 aromatic heterocycles. The average Bonchev–Trinajstić information content (AvgIpc) is 2.97. The van der Waals surface area contributed by atoms with Crippen molar-refractivity contribution in [2.75, 3.05) is 7.11 Å². The maximum atomic E-state index is 12.8. The van der Waals surface area contributed by atoms with Crippen molar-refractivity contribution in [3.63, 3.8) is 0 Å². The summed E-state index contributed by atoms with van der Waals surface area (Å²) in [6.07, 6.45) is -2.64. The van der Waals surface area contributed by atoms with Gasteiger partial charge in [-0.05, 0) is 29.8 Å². The van der Waals surface area contributed by atoms with E-state index in [4.69, 9.17) is 4.74 Å². The average molecular weight is 333 g/mol. The summed E-state index contributed by atoms with van der Waals surface area (Å²) in [5.41, 5.74) is 0.834. The molecule has 0 aliphatic rings. The van der Waals surface area contributed by atoms with Gasteiger partial charge in [-0.2, -0.15) is 13.2 Å². The molecule has 2 aromatic carbocycles. The van der Waals surface area contributed by atoms with Crippen molar-refractivity contribution in [3.05, 3.63) is 71.4 Å². The quantitative estimate of drug-likeness (QED) is 0.661. The Hall–Kier alpha value is -2.76. The molecule has 0 bridgehead atoms. The smallest absolute Gasteiger partial charge is 0.416 e. The Bertz CT molecular complexity index is 897. The molecule has 6 heteroatoms. The van der Waals surface area contributed by atoms with Gasteiger partial charge in [-0.15, -0.1) is 0 Å². The fourth-order valence-corrected chi connectivity index (χ4v) is 2.71. The van der Waals surface area contributed by atoms with Crippen molar-refractivity contribution in [2.24, 2.45) is 0 Å². The Kier molecular flexibility index (Phi) is 4.05. The van der Waals surface area contributed by atoms with Gasteiger partial charge < -0.3 is 9.30 Å². The molecule has 0 unspecified atom stereocenters. The number of alkyl halides is 3. The molecule has 0 saturated heterocycles. The van der Waals surface area contributed by atoms with Crippen LogP contribution in [0.5, 0.6) is 0 Å². The largest absolute Gasteiger partial charge is 0.465 e. The first-order valence-electron chi connectivity index (χ1n) is 7.22. The summed E-state index contributed by atoms with van der Waals surface area (Å²) in [6.45, 7) is 0.224. The maximum absolute atomic E-state index is 12.8. The van der Waals surface area contributed by atoms with Crippen LogP contribution in [0.3, 0.4) is 0 Å². The number of halogens is 3. The summed E-state index contributed by atoms with van der Waals surface area (Å²) < 4.78 is 45.1. The Morgan fingerprint density at radius 1 is 1.12 bits per heavy atom. The van der Waals surface area contributed by atoms with Crippen molar-refractivity contribution < 1.29 is 22.7 Å². The van der Waals surface area contributed by atoms with Crippen LogP contribution in [-0.2, 0) is 17.5 Å². The predicted molar refractivity (Wildman–Crippen MR) is 83.8 cm³/mol. The molecule has 3 rings (SSSR count). The van der Waals surface area contributed by atoms with E-state index in [-0.39, 0.29) is 6.54 Å². The first-order valence-corrected chi connectivity index (χ1v) is 7.22. The molecule has 1 heterocycles. The van der Waals surface area contributed by atoms with Crippen LogP contribution in [0.4, 0.5) is 13.2 Å². The van der Waals surface area contributed by atoms with E-state index in [2.05, 4.69) is 0 Å². The molecule has 124 valence electrons. The van der Waals surface area contributed by atoms with Gasteiger partial charge in [-0.3, -0.25) is 0 Å². The number of aromatic nitrogens is 1.